The van der Waals surface area contributed by atoms with Gasteiger partial charge >= 0.3 is 0 Å². The third-order valence-electron chi connectivity index (χ3n) is 5.35. The molecule has 4 heteroatoms. The van der Waals surface area contributed by atoms with Crippen LogP contribution in [-0.2, 0) is 0 Å². The number of methoxy groups -OCH3 is 1. The summed E-state index contributed by atoms with van der Waals surface area (Å²) in [5.41, 5.74) is 4.69. The maximum Gasteiger partial charge on any atom is 0.204 e. The van der Waals surface area contributed by atoms with E-state index < -0.39 is 0 Å². The fourth-order valence-corrected chi connectivity index (χ4v) is 4.04. The highest BCUT2D eigenvalue weighted by molar-refractivity contribution is 5.79. The van der Waals surface area contributed by atoms with Gasteiger partial charge in [-0.1, -0.05) is 54.6 Å². The lowest BCUT2D eigenvalue weighted by Crippen LogP contribution is -2.27. The molecule has 1 aromatic heterocycles. The summed E-state index contributed by atoms with van der Waals surface area (Å²) in [5.74, 6) is 1.80. The molecule has 0 spiro atoms. The van der Waals surface area contributed by atoms with Crippen molar-refractivity contribution in [1.29, 1.82) is 0 Å². The van der Waals surface area contributed by atoms with Crippen LogP contribution < -0.4 is 10.1 Å². The summed E-state index contributed by atoms with van der Waals surface area (Å²) in [6.45, 7) is 0. The Morgan fingerprint density at radius 3 is 2.56 bits per heavy atom. The molecule has 0 amide bonds. The number of benzene rings is 3. The zero-order valence-electron chi connectivity index (χ0n) is 15.2. The van der Waals surface area contributed by atoms with Crippen molar-refractivity contribution in [3.05, 3.63) is 90.0 Å². The molecule has 27 heavy (non-hydrogen) atoms. The Morgan fingerprint density at radius 2 is 1.70 bits per heavy atom. The molecule has 0 saturated carbocycles. The molecule has 1 aliphatic heterocycles. The fourth-order valence-electron chi connectivity index (χ4n) is 4.04. The number of rotatable bonds is 3. The first-order valence-electron chi connectivity index (χ1n) is 9.26. The highest BCUT2D eigenvalue weighted by Gasteiger charge is 2.31. The summed E-state index contributed by atoms with van der Waals surface area (Å²) in [6.07, 6.45) is 0.949. The number of nitrogens with zero attached hydrogens (tertiary/aromatic N) is 2. The Labute approximate surface area is 158 Å². The molecule has 4 aromatic rings. The van der Waals surface area contributed by atoms with Crippen molar-refractivity contribution in [2.75, 3.05) is 12.4 Å². The molecule has 3 aromatic carbocycles. The van der Waals surface area contributed by atoms with E-state index in [0.29, 0.717) is 0 Å². The molecule has 0 saturated heterocycles. The maximum absolute atomic E-state index is 5.47. The van der Waals surface area contributed by atoms with Crippen LogP contribution in [0.2, 0.25) is 0 Å². The van der Waals surface area contributed by atoms with Crippen LogP contribution in [0.5, 0.6) is 5.75 Å². The minimum atomic E-state index is 0.189. The van der Waals surface area contributed by atoms with Crippen LogP contribution in [-0.4, -0.2) is 16.7 Å². The van der Waals surface area contributed by atoms with E-state index in [1.54, 1.807) is 7.11 Å². The number of hydrogen-bond acceptors (Lipinski definition) is 3. The molecule has 0 aliphatic carbocycles. The lowest BCUT2D eigenvalue weighted by Gasteiger charge is -2.33. The van der Waals surface area contributed by atoms with Gasteiger partial charge in [0.05, 0.1) is 30.2 Å². The summed E-state index contributed by atoms with van der Waals surface area (Å²) in [5, 5.41) is 3.65. The molecule has 1 N–H and O–H groups in total. The summed E-state index contributed by atoms with van der Waals surface area (Å²) in [4.78, 5) is 4.87. The first-order valence-corrected chi connectivity index (χ1v) is 9.26. The van der Waals surface area contributed by atoms with Crippen LogP contribution in [0.15, 0.2) is 78.9 Å². The number of imidazole rings is 1. The summed E-state index contributed by atoms with van der Waals surface area (Å²) in [6, 6.07) is 27.7. The molecule has 0 fully saturated rings. The quantitative estimate of drug-likeness (QED) is 0.549. The minimum absolute atomic E-state index is 0.189. The van der Waals surface area contributed by atoms with Gasteiger partial charge in [-0.05, 0) is 41.8 Å². The zero-order chi connectivity index (χ0) is 18.2. The SMILES string of the molecule is COc1cccc([C@@H]2C[C@H](c3ccccc3)Nc3nc4ccccc4n32)c1. The molecule has 4 nitrogen and oxygen atoms in total. The van der Waals surface area contributed by atoms with Gasteiger partial charge in [-0.25, -0.2) is 4.98 Å². The first-order chi connectivity index (χ1) is 13.3. The normalized spacial score (nSPS) is 18.7. The van der Waals surface area contributed by atoms with Crippen LogP contribution in [0.25, 0.3) is 11.0 Å². The van der Waals surface area contributed by atoms with E-state index in [1.807, 2.05) is 12.1 Å². The molecule has 5 rings (SSSR count). The van der Waals surface area contributed by atoms with Crippen molar-refractivity contribution in [3.8, 4) is 5.75 Å². The number of anilines is 1. The number of nitrogens with one attached hydrogen (secondary N) is 1. The van der Waals surface area contributed by atoms with Gasteiger partial charge in [0.15, 0.2) is 0 Å². The van der Waals surface area contributed by atoms with Gasteiger partial charge in [-0.2, -0.15) is 0 Å². The number of fused-ring (bicyclic) bond motifs is 3. The number of para-hydroxylation sites is 2. The summed E-state index contributed by atoms with van der Waals surface area (Å²) >= 11 is 0. The Bertz CT molecular complexity index is 1090. The average Bonchev–Trinajstić information content (AvgIpc) is 3.12. The Kier molecular flexibility index (Phi) is 3.82. The molecule has 0 bridgehead atoms. The Hall–Kier alpha value is -3.27. The predicted octanol–water partition coefficient (Wildman–Crippen LogP) is 5.19. The molecule has 0 radical (unpaired) electrons. The van der Waals surface area contributed by atoms with Gasteiger partial charge < -0.3 is 14.6 Å². The van der Waals surface area contributed by atoms with Gasteiger partial charge in [0.1, 0.15) is 5.75 Å². The highest BCUT2D eigenvalue weighted by atomic mass is 16.5. The number of aromatic nitrogens is 2. The van der Waals surface area contributed by atoms with Gasteiger partial charge in [0.2, 0.25) is 5.95 Å². The fraction of sp³-hybridized carbons (Fsp3) is 0.174. The van der Waals surface area contributed by atoms with Crippen molar-refractivity contribution in [3.63, 3.8) is 0 Å². The summed E-state index contributed by atoms with van der Waals surface area (Å²) < 4.78 is 7.80. The minimum Gasteiger partial charge on any atom is -0.497 e. The molecule has 2 atom stereocenters. The first kappa shape index (κ1) is 15.9. The van der Waals surface area contributed by atoms with Gasteiger partial charge in [-0.3, -0.25) is 0 Å². The second-order valence-corrected chi connectivity index (χ2v) is 6.93. The number of ether oxygens (including phenoxy) is 1. The van der Waals surface area contributed by atoms with E-state index >= 15 is 0 Å². The summed E-state index contributed by atoms with van der Waals surface area (Å²) in [7, 11) is 1.71. The van der Waals surface area contributed by atoms with Crippen molar-refractivity contribution < 1.29 is 4.74 Å². The van der Waals surface area contributed by atoms with E-state index in [2.05, 4.69) is 76.6 Å². The second-order valence-electron chi connectivity index (χ2n) is 6.93. The predicted molar refractivity (Wildman–Crippen MR) is 108 cm³/mol. The van der Waals surface area contributed by atoms with Crippen molar-refractivity contribution >= 4 is 17.0 Å². The van der Waals surface area contributed by atoms with E-state index in [4.69, 9.17) is 9.72 Å². The van der Waals surface area contributed by atoms with E-state index in [1.165, 1.54) is 11.1 Å². The van der Waals surface area contributed by atoms with Crippen molar-refractivity contribution in [1.82, 2.24) is 9.55 Å². The van der Waals surface area contributed by atoms with Crippen LogP contribution >= 0.6 is 0 Å². The molecular formula is C23H21N3O. The molecule has 134 valence electrons. The Balaban J connectivity index is 1.67. The van der Waals surface area contributed by atoms with E-state index in [-0.39, 0.29) is 12.1 Å². The monoisotopic (exact) mass is 355 g/mol. The maximum atomic E-state index is 5.47. The van der Waals surface area contributed by atoms with E-state index in [0.717, 1.165) is 29.2 Å². The van der Waals surface area contributed by atoms with Crippen LogP contribution in [0, 0.1) is 0 Å². The van der Waals surface area contributed by atoms with Gasteiger partial charge in [0, 0.05) is 0 Å². The number of hydrogen-bond donors (Lipinski definition) is 1. The molecule has 1 aliphatic rings. The van der Waals surface area contributed by atoms with Gasteiger partial charge in [-0.15, -0.1) is 0 Å². The van der Waals surface area contributed by atoms with Crippen molar-refractivity contribution in [2.24, 2.45) is 0 Å². The van der Waals surface area contributed by atoms with Crippen LogP contribution in [0.1, 0.15) is 29.6 Å². The second kappa shape index (κ2) is 6.47. The Morgan fingerprint density at radius 1 is 0.926 bits per heavy atom. The third kappa shape index (κ3) is 2.74. The van der Waals surface area contributed by atoms with E-state index in [9.17, 15) is 0 Å². The van der Waals surface area contributed by atoms with Crippen LogP contribution in [0.4, 0.5) is 5.95 Å². The van der Waals surface area contributed by atoms with Crippen LogP contribution in [0.3, 0.4) is 0 Å². The molecule has 2 heterocycles. The molecule has 0 unspecified atom stereocenters. The molecular weight excluding hydrogens is 334 g/mol. The topological polar surface area (TPSA) is 39.1 Å². The average molecular weight is 355 g/mol. The smallest absolute Gasteiger partial charge is 0.204 e. The highest BCUT2D eigenvalue weighted by Crippen LogP contribution is 2.41. The lowest BCUT2D eigenvalue weighted by atomic mass is 9.93. The third-order valence-corrected chi connectivity index (χ3v) is 5.35. The lowest BCUT2D eigenvalue weighted by molar-refractivity contribution is 0.411. The standard InChI is InChI=1S/C23H21N3O/c1-27-18-11-7-10-17(14-18)22-15-20(16-8-3-2-4-9-16)25-23-24-19-12-5-6-13-21(19)26(22)23/h2-14,20,22H,15H2,1H3,(H,24,25)/t20-,22+/m1/s1. The van der Waals surface area contributed by atoms with Gasteiger partial charge in [0.25, 0.3) is 0 Å². The zero-order valence-corrected chi connectivity index (χ0v) is 15.2. The largest absolute Gasteiger partial charge is 0.497 e. The van der Waals surface area contributed by atoms with Crippen molar-refractivity contribution in [2.45, 2.75) is 18.5 Å².